The second-order valence-corrected chi connectivity index (χ2v) is 6.53. The van der Waals surface area contributed by atoms with E-state index in [4.69, 9.17) is 0 Å². The number of benzene rings is 1. The van der Waals surface area contributed by atoms with E-state index in [9.17, 15) is 13.6 Å². The van der Waals surface area contributed by atoms with Crippen LogP contribution in [-0.4, -0.2) is 11.7 Å². The van der Waals surface area contributed by atoms with Crippen LogP contribution in [0.5, 0.6) is 0 Å². The van der Waals surface area contributed by atoms with Gasteiger partial charge in [0.25, 0.3) is 11.7 Å². The highest BCUT2D eigenvalue weighted by atomic mass is 32.2. The van der Waals surface area contributed by atoms with Crippen LogP contribution >= 0.6 is 23.1 Å². The number of halogens is 2. The highest BCUT2D eigenvalue weighted by Crippen LogP contribution is 2.27. The Bertz CT molecular complexity index is 589. The zero-order valence-corrected chi connectivity index (χ0v) is 12.6. The molecule has 1 aromatic heterocycles. The number of aryl methyl sites for hydroxylation is 2. The van der Waals surface area contributed by atoms with E-state index in [1.54, 1.807) is 24.3 Å². The lowest BCUT2D eigenvalue weighted by Gasteiger charge is -2.05. The molecule has 1 aromatic carbocycles. The number of anilines is 1. The van der Waals surface area contributed by atoms with Gasteiger partial charge in [-0.25, -0.2) is 0 Å². The summed E-state index contributed by atoms with van der Waals surface area (Å²) >= 11 is 1.92. The number of carbonyl (C=O) groups is 1. The first-order valence-corrected chi connectivity index (χ1v) is 7.58. The lowest BCUT2D eigenvalue weighted by Crippen LogP contribution is -2.09. The zero-order valence-electron chi connectivity index (χ0n) is 10.9. The van der Waals surface area contributed by atoms with Crippen LogP contribution in [0.2, 0.25) is 0 Å². The quantitative estimate of drug-likeness (QED) is 0.811. The summed E-state index contributed by atoms with van der Waals surface area (Å²) in [6.45, 7) is 3.92. The van der Waals surface area contributed by atoms with Gasteiger partial charge in [0.2, 0.25) is 0 Å². The minimum atomic E-state index is -2.44. The lowest BCUT2D eigenvalue weighted by atomic mass is 10.2. The fourth-order valence-electron chi connectivity index (χ4n) is 1.60. The lowest BCUT2D eigenvalue weighted by molar-refractivity contribution is 0.103. The molecule has 6 heteroatoms. The predicted octanol–water partition coefficient (Wildman–Crippen LogP) is 4.93. The molecular weight excluding hydrogens is 300 g/mol. The Kier molecular flexibility index (Phi) is 4.77. The van der Waals surface area contributed by atoms with Crippen molar-refractivity contribution in [2.45, 2.75) is 24.5 Å². The van der Waals surface area contributed by atoms with Crippen molar-refractivity contribution in [2.24, 2.45) is 0 Å². The van der Waals surface area contributed by atoms with Crippen LogP contribution in [0.4, 0.5) is 14.5 Å². The van der Waals surface area contributed by atoms with Crippen molar-refractivity contribution < 1.29 is 13.6 Å². The van der Waals surface area contributed by atoms with Crippen molar-refractivity contribution in [1.29, 1.82) is 0 Å². The number of hydrogen-bond acceptors (Lipinski definition) is 3. The molecule has 0 bridgehead atoms. The Hall–Kier alpha value is -1.40. The van der Waals surface area contributed by atoms with E-state index in [0.29, 0.717) is 27.2 Å². The van der Waals surface area contributed by atoms with Crippen LogP contribution in [-0.2, 0) is 0 Å². The first kappa shape index (κ1) is 15.0. The summed E-state index contributed by atoms with van der Waals surface area (Å²) in [6, 6.07) is 8.22. The maximum absolute atomic E-state index is 12.2. The molecule has 0 saturated carbocycles. The van der Waals surface area contributed by atoms with E-state index in [0.717, 1.165) is 10.4 Å². The highest BCUT2D eigenvalue weighted by molar-refractivity contribution is 7.99. The van der Waals surface area contributed by atoms with Crippen LogP contribution in [0.1, 0.15) is 20.1 Å². The summed E-state index contributed by atoms with van der Waals surface area (Å²) in [5.74, 6) is -2.62. The molecule has 0 spiro atoms. The molecule has 0 aliphatic rings. The van der Waals surface area contributed by atoms with Gasteiger partial charge in [-0.1, -0.05) is 11.8 Å². The predicted molar refractivity (Wildman–Crippen MR) is 80.0 cm³/mol. The van der Waals surface area contributed by atoms with Gasteiger partial charge in [-0.3, -0.25) is 4.79 Å². The fourth-order valence-corrected chi connectivity index (χ4v) is 3.03. The van der Waals surface area contributed by atoms with Crippen LogP contribution in [0.15, 0.2) is 35.2 Å². The normalized spacial score (nSPS) is 10.8. The second kappa shape index (κ2) is 6.37. The molecule has 2 rings (SSSR count). The highest BCUT2D eigenvalue weighted by Gasteiger charge is 2.11. The van der Waals surface area contributed by atoms with Crippen molar-refractivity contribution in [3.05, 3.63) is 45.6 Å². The van der Waals surface area contributed by atoms with Crippen molar-refractivity contribution in [2.75, 3.05) is 5.32 Å². The molecule has 0 unspecified atom stereocenters. The molecular formula is C14H13F2NOS2. The van der Waals surface area contributed by atoms with Gasteiger partial charge in [-0.15, -0.1) is 11.3 Å². The molecule has 106 valence electrons. The Labute approximate surface area is 124 Å². The number of rotatable bonds is 4. The van der Waals surface area contributed by atoms with Crippen molar-refractivity contribution in [3.63, 3.8) is 0 Å². The van der Waals surface area contributed by atoms with Gasteiger partial charge in [-0.05, 0) is 49.7 Å². The monoisotopic (exact) mass is 313 g/mol. The number of alkyl halides is 2. The molecule has 0 radical (unpaired) electrons. The molecule has 0 aliphatic heterocycles. The summed E-state index contributed by atoms with van der Waals surface area (Å²) < 4.78 is 24.4. The number of thioether (sulfide) groups is 1. The van der Waals surface area contributed by atoms with Gasteiger partial charge < -0.3 is 5.32 Å². The van der Waals surface area contributed by atoms with Crippen molar-refractivity contribution in [1.82, 2.24) is 0 Å². The van der Waals surface area contributed by atoms with Crippen LogP contribution < -0.4 is 5.32 Å². The summed E-state index contributed by atoms with van der Waals surface area (Å²) in [7, 11) is 0. The van der Waals surface area contributed by atoms with E-state index in [-0.39, 0.29) is 5.91 Å². The number of nitrogens with one attached hydrogen (secondary N) is 1. The number of hydrogen-bond donors (Lipinski definition) is 1. The third kappa shape index (κ3) is 3.80. The Balaban J connectivity index is 2.04. The summed E-state index contributed by atoms with van der Waals surface area (Å²) in [5.41, 5.74) is 1.68. The third-order valence-corrected chi connectivity index (χ3v) is 4.60. The van der Waals surface area contributed by atoms with Gasteiger partial charge in [0, 0.05) is 15.5 Å². The standard InChI is InChI=1S/C14H13F2NOS2/c1-8-7-12(19-9(8)2)13(18)17-10-3-5-11(6-4-10)20-14(15)16/h3-7,14H,1-2H3,(H,17,18). The average Bonchev–Trinajstić information content (AvgIpc) is 2.71. The largest absolute Gasteiger partial charge is 0.321 e. The Morgan fingerprint density at radius 3 is 2.40 bits per heavy atom. The van der Waals surface area contributed by atoms with Crippen molar-refractivity contribution >= 4 is 34.7 Å². The molecule has 0 fully saturated rings. The summed E-state index contributed by atoms with van der Waals surface area (Å²) in [6.07, 6.45) is 0. The SMILES string of the molecule is Cc1cc(C(=O)Nc2ccc(SC(F)F)cc2)sc1C. The molecule has 2 aromatic rings. The molecule has 20 heavy (non-hydrogen) atoms. The molecule has 1 N–H and O–H groups in total. The molecule has 0 saturated heterocycles. The van der Waals surface area contributed by atoms with Crippen molar-refractivity contribution in [3.8, 4) is 0 Å². The van der Waals surface area contributed by atoms with E-state index in [1.807, 2.05) is 19.9 Å². The average molecular weight is 313 g/mol. The topological polar surface area (TPSA) is 29.1 Å². The maximum atomic E-state index is 12.2. The van der Waals surface area contributed by atoms with Crippen LogP contribution in [0, 0.1) is 13.8 Å². The molecule has 1 amide bonds. The zero-order chi connectivity index (χ0) is 14.7. The molecule has 0 atom stereocenters. The van der Waals surface area contributed by atoms with Gasteiger partial charge in [0.05, 0.1) is 4.88 Å². The van der Waals surface area contributed by atoms with E-state index in [1.165, 1.54) is 11.3 Å². The Morgan fingerprint density at radius 1 is 1.25 bits per heavy atom. The van der Waals surface area contributed by atoms with Gasteiger partial charge >= 0.3 is 0 Å². The fraction of sp³-hybridized carbons (Fsp3) is 0.214. The van der Waals surface area contributed by atoms with Crippen LogP contribution in [0.25, 0.3) is 0 Å². The summed E-state index contributed by atoms with van der Waals surface area (Å²) in [5, 5.41) is 2.75. The number of carbonyl (C=O) groups excluding carboxylic acids is 1. The van der Waals surface area contributed by atoms with E-state index >= 15 is 0 Å². The third-order valence-electron chi connectivity index (χ3n) is 2.73. The first-order chi connectivity index (χ1) is 9.45. The van der Waals surface area contributed by atoms with Gasteiger partial charge in [-0.2, -0.15) is 8.78 Å². The van der Waals surface area contributed by atoms with E-state index in [2.05, 4.69) is 5.32 Å². The number of thiophene rings is 1. The number of amides is 1. The molecule has 1 heterocycles. The minimum Gasteiger partial charge on any atom is -0.321 e. The first-order valence-electron chi connectivity index (χ1n) is 5.89. The second-order valence-electron chi connectivity index (χ2n) is 4.21. The summed E-state index contributed by atoms with van der Waals surface area (Å²) in [4.78, 5) is 14.2. The van der Waals surface area contributed by atoms with E-state index < -0.39 is 5.76 Å². The van der Waals surface area contributed by atoms with Gasteiger partial charge in [0.1, 0.15) is 0 Å². The van der Waals surface area contributed by atoms with Gasteiger partial charge in [0.15, 0.2) is 0 Å². The Morgan fingerprint density at radius 2 is 1.90 bits per heavy atom. The minimum absolute atomic E-state index is 0.180. The smallest absolute Gasteiger partial charge is 0.288 e. The molecule has 0 aliphatic carbocycles. The maximum Gasteiger partial charge on any atom is 0.288 e. The molecule has 2 nitrogen and oxygen atoms in total. The van der Waals surface area contributed by atoms with Crippen LogP contribution in [0.3, 0.4) is 0 Å².